The molecule has 0 aliphatic carbocycles. The number of carbonyl (C=O) groups is 1. The van der Waals surface area contributed by atoms with Crippen LogP contribution in [-0.4, -0.2) is 10.9 Å². The van der Waals surface area contributed by atoms with Gasteiger partial charge in [-0.25, -0.2) is 4.98 Å². The molecule has 1 unspecified atom stereocenters. The van der Waals surface area contributed by atoms with Crippen LogP contribution in [-0.2, 0) is 17.8 Å². The topological polar surface area (TPSA) is 78.9 Å². The highest BCUT2D eigenvalue weighted by Crippen LogP contribution is 2.14. The molecule has 20 heavy (non-hydrogen) atoms. The molecule has 1 heterocycles. The Morgan fingerprint density at radius 3 is 2.80 bits per heavy atom. The number of nitriles is 1. The number of aromatic nitrogens is 1. The summed E-state index contributed by atoms with van der Waals surface area (Å²) in [4.78, 5) is 16.1. The van der Waals surface area contributed by atoms with Gasteiger partial charge in [0.1, 0.15) is 11.7 Å². The van der Waals surface area contributed by atoms with Gasteiger partial charge in [0.25, 0.3) is 0 Å². The highest BCUT2D eigenvalue weighted by molar-refractivity contribution is 5.86. The van der Waals surface area contributed by atoms with Crippen molar-refractivity contribution in [1.29, 1.82) is 5.26 Å². The maximum Gasteiger partial charge on any atom is 0.242 e. The fourth-order valence-corrected chi connectivity index (χ4v) is 1.79. The summed E-state index contributed by atoms with van der Waals surface area (Å²) in [5.74, 6) is 0.0425. The summed E-state index contributed by atoms with van der Waals surface area (Å²) in [6, 6.07) is 11.0. The first-order valence-electron chi connectivity index (χ1n) is 6.40. The quantitative estimate of drug-likeness (QED) is 0.902. The summed E-state index contributed by atoms with van der Waals surface area (Å²) in [5, 5.41) is 11.8. The Labute approximate surface area is 117 Å². The maximum atomic E-state index is 12.0. The van der Waals surface area contributed by atoms with Crippen molar-refractivity contribution in [2.24, 2.45) is 0 Å². The number of hydrogen-bond donors (Lipinski definition) is 1. The highest BCUT2D eigenvalue weighted by Gasteiger charge is 2.20. The average molecular weight is 269 g/mol. The number of hydrogen-bond acceptors (Lipinski definition) is 4. The van der Waals surface area contributed by atoms with Crippen LogP contribution in [0.2, 0.25) is 0 Å². The van der Waals surface area contributed by atoms with Gasteiger partial charge in [-0.2, -0.15) is 5.26 Å². The van der Waals surface area contributed by atoms with Crippen LogP contribution in [0.1, 0.15) is 30.1 Å². The van der Waals surface area contributed by atoms with Crippen molar-refractivity contribution in [2.45, 2.75) is 25.8 Å². The van der Waals surface area contributed by atoms with Crippen LogP contribution in [0.5, 0.6) is 0 Å². The summed E-state index contributed by atoms with van der Waals surface area (Å²) in [6.45, 7) is 2.15. The molecule has 0 bridgehead atoms. The molecule has 0 spiro atoms. The van der Waals surface area contributed by atoms with Crippen LogP contribution in [0.15, 0.2) is 40.9 Å². The molecule has 1 N–H and O–H groups in total. The van der Waals surface area contributed by atoms with E-state index in [1.807, 2.05) is 19.1 Å². The van der Waals surface area contributed by atoms with Gasteiger partial charge in [0.05, 0.1) is 18.8 Å². The molecular formula is C15H15N3O2. The largest absolute Gasteiger partial charge is 0.444 e. The zero-order valence-electron chi connectivity index (χ0n) is 11.2. The zero-order valence-corrected chi connectivity index (χ0v) is 11.2. The molecule has 0 saturated carbocycles. The van der Waals surface area contributed by atoms with E-state index in [4.69, 9.17) is 9.68 Å². The molecule has 0 saturated heterocycles. The van der Waals surface area contributed by atoms with Crippen molar-refractivity contribution in [3.8, 4) is 6.07 Å². The Morgan fingerprint density at radius 1 is 1.45 bits per heavy atom. The van der Waals surface area contributed by atoms with Gasteiger partial charge in [-0.1, -0.05) is 37.3 Å². The second-order valence-corrected chi connectivity index (χ2v) is 4.26. The molecule has 1 atom stereocenters. The predicted molar refractivity (Wildman–Crippen MR) is 72.5 cm³/mol. The van der Waals surface area contributed by atoms with Gasteiger partial charge >= 0.3 is 0 Å². The molecule has 1 amide bonds. The second kappa shape index (κ2) is 6.53. The van der Waals surface area contributed by atoms with Crippen molar-refractivity contribution in [3.63, 3.8) is 0 Å². The van der Waals surface area contributed by atoms with E-state index in [1.54, 1.807) is 30.5 Å². The Morgan fingerprint density at radius 2 is 2.20 bits per heavy atom. The van der Waals surface area contributed by atoms with E-state index in [0.29, 0.717) is 11.5 Å². The van der Waals surface area contributed by atoms with Gasteiger partial charge in [-0.15, -0.1) is 0 Å². The van der Waals surface area contributed by atoms with Gasteiger partial charge in [0.15, 0.2) is 0 Å². The Kier molecular flexibility index (Phi) is 4.51. The Hall–Kier alpha value is -2.61. The van der Waals surface area contributed by atoms with E-state index in [1.165, 1.54) is 0 Å². The number of nitrogens with zero attached hydrogens (tertiary/aromatic N) is 2. The normalized spacial score (nSPS) is 11.6. The first-order chi connectivity index (χ1) is 9.74. The fourth-order valence-electron chi connectivity index (χ4n) is 1.79. The zero-order chi connectivity index (χ0) is 14.4. The van der Waals surface area contributed by atoms with Crippen molar-refractivity contribution in [1.82, 2.24) is 10.3 Å². The molecule has 102 valence electrons. The van der Waals surface area contributed by atoms with Crippen LogP contribution in [0.3, 0.4) is 0 Å². The molecule has 0 radical (unpaired) electrons. The molecule has 2 rings (SSSR count). The Balaban J connectivity index is 1.98. The number of oxazole rings is 1. The molecule has 5 heteroatoms. The molecule has 1 aromatic carbocycles. The lowest BCUT2D eigenvalue weighted by atomic mass is 10.00. The van der Waals surface area contributed by atoms with Gasteiger partial charge in [0.2, 0.25) is 11.8 Å². The van der Waals surface area contributed by atoms with Crippen LogP contribution in [0.25, 0.3) is 0 Å². The van der Waals surface area contributed by atoms with E-state index in [-0.39, 0.29) is 12.5 Å². The number of aryl methyl sites for hydroxylation is 1. The van der Waals surface area contributed by atoms with Gasteiger partial charge in [-0.3, -0.25) is 4.79 Å². The third kappa shape index (κ3) is 3.23. The summed E-state index contributed by atoms with van der Waals surface area (Å²) in [6.07, 6.45) is 2.40. The lowest BCUT2D eigenvalue weighted by molar-refractivity contribution is -0.121. The van der Waals surface area contributed by atoms with Gasteiger partial charge < -0.3 is 9.73 Å². The Bertz CT molecular complexity index is 614. The molecule has 2 aromatic rings. The molecule has 0 aliphatic heterocycles. The minimum Gasteiger partial charge on any atom is -0.444 e. The van der Waals surface area contributed by atoms with Crippen molar-refractivity contribution >= 4 is 5.91 Å². The monoisotopic (exact) mass is 269 g/mol. The van der Waals surface area contributed by atoms with E-state index in [9.17, 15) is 4.79 Å². The van der Waals surface area contributed by atoms with Crippen molar-refractivity contribution in [2.75, 3.05) is 0 Å². The van der Waals surface area contributed by atoms with Crippen LogP contribution < -0.4 is 5.32 Å². The van der Waals surface area contributed by atoms with E-state index in [0.717, 1.165) is 12.2 Å². The number of amides is 1. The lowest BCUT2D eigenvalue weighted by Gasteiger charge is -2.09. The summed E-state index contributed by atoms with van der Waals surface area (Å²) < 4.78 is 5.39. The number of carbonyl (C=O) groups excluding carboxylic acids is 1. The first-order valence-corrected chi connectivity index (χ1v) is 6.40. The van der Waals surface area contributed by atoms with E-state index >= 15 is 0 Å². The lowest BCUT2D eigenvalue weighted by Crippen LogP contribution is -2.28. The minimum atomic E-state index is -0.822. The summed E-state index contributed by atoms with van der Waals surface area (Å²) in [7, 11) is 0. The summed E-state index contributed by atoms with van der Waals surface area (Å²) in [5.41, 5.74) is 0.675. The smallest absolute Gasteiger partial charge is 0.242 e. The number of rotatable bonds is 5. The van der Waals surface area contributed by atoms with E-state index < -0.39 is 5.92 Å². The molecular weight excluding hydrogens is 254 g/mol. The summed E-state index contributed by atoms with van der Waals surface area (Å²) >= 11 is 0. The van der Waals surface area contributed by atoms with Crippen molar-refractivity contribution < 1.29 is 9.21 Å². The second-order valence-electron chi connectivity index (χ2n) is 4.26. The van der Waals surface area contributed by atoms with Crippen LogP contribution >= 0.6 is 0 Å². The molecule has 0 fully saturated rings. The standard InChI is InChI=1S/C15H15N3O2/c1-2-12-9-17-14(20-12)10-18-15(19)13(8-16)11-6-4-3-5-7-11/h3-7,9,13H,2,10H2,1H3,(H,18,19). The number of benzene rings is 1. The highest BCUT2D eigenvalue weighted by atomic mass is 16.4. The van der Waals surface area contributed by atoms with Crippen molar-refractivity contribution in [3.05, 3.63) is 53.7 Å². The molecule has 5 nitrogen and oxygen atoms in total. The SMILES string of the molecule is CCc1cnc(CNC(=O)C(C#N)c2ccccc2)o1. The predicted octanol–water partition coefficient (Wildman–Crippen LogP) is 2.16. The molecule has 0 aliphatic rings. The average Bonchev–Trinajstić information content (AvgIpc) is 2.95. The minimum absolute atomic E-state index is 0.184. The van der Waals surface area contributed by atoms with E-state index in [2.05, 4.69) is 10.3 Å². The van der Waals surface area contributed by atoms with Gasteiger partial charge in [-0.05, 0) is 5.56 Å². The molecule has 1 aromatic heterocycles. The first kappa shape index (κ1) is 13.8. The third-order valence-electron chi connectivity index (χ3n) is 2.89. The number of nitrogens with one attached hydrogen (secondary N) is 1. The van der Waals surface area contributed by atoms with Gasteiger partial charge in [0, 0.05) is 6.42 Å². The fraction of sp³-hybridized carbons (Fsp3) is 0.267. The maximum absolute atomic E-state index is 12.0. The van der Waals surface area contributed by atoms with Crippen LogP contribution in [0, 0.1) is 11.3 Å². The van der Waals surface area contributed by atoms with Crippen LogP contribution in [0.4, 0.5) is 0 Å². The third-order valence-corrected chi connectivity index (χ3v) is 2.89.